The Morgan fingerprint density at radius 2 is 2.03 bits per heavy atom. The molecule has 0 unspecified atom stereocenters. The Hall–Kier alpha value is -2.36. The Morgan fingerprint density at radius 1 is 1.27 bits per heavy atom. The van der Waals surface area contributed by atoms with Crippen LogP contribution in [0.1, 0.15) is 36.5 Å². The second-order valence-electron chi connectivity index (χ2n) is 7.31. The standard InChI is InChI=1S/C24H24BrNO5S2/c1-3-30-19-12-16(11-18(25)22(19)31-14-17-8-5-4-7-15(17)2)13-20-23(29)26(24(32)33-20)10-6-9-21(27)28/h4-5,7-8,11-13H,3,6,9-10,14H2,1-2H3,(H,27,28)/b20-13-. The van der Waals surface area contributed by atoms with Gasteiger partial charge in [-0.1, -0.05) is 48.2 Å². The van der Waals surface area contributed by atoms with E-state index in [2.05, 4.69) is 15.9 Å². The van der Waals surface area contributed by atoms with E-state index in [0.717, 1.165) is 16.7 Å². The Balaban J connectivity index is 1.80. The second kappa shape index (κ2) is 11.7. The van der Waals surface area contributed by atoms with Crippen LogP contribution in [0.3, 0.4) is 0 Å². The summed E-state index contributed by atoms with van der Waals surface area (Å²) >= 11 is 10.1. The quantitative estimate of drug-likeness (QED) is 0.296. The molecule has 1 heterocycles. The van der Waals surface area contributed by atoms with Gasteiger partial charge in [0.05, 0.1) is 16.0 Å². The normalized spacial score (nSPS) is 14.8. The molecule has 1 saturated heterocycles. The highest BCUT2D eigenvalue weighted by atomic mass is 79.9. The molecule has 0 spiro atoms. The van der Waals surface area contributed by atoms with E-state index in [9.17, 15) is 9.59 Å². The first kappa shape index (κ1) is 25.3. The number of thiocarbonyl (C=S) groups is 1. The maximum atomic E-state index is 12.8. The van der Waals surface area contributed by atoms with E-state index in [1.807, 2.05) is 50.2 Å². The number of halogens is 1. The Bertz CT molecular complexity index is 1100. The number of aliphatic carboxylic acids is 1. The first-order valence-corrected chi connectivity index (χ1v) is 12.4. The third-order valence-corrected chi connectivity index (χ3v) is 6.88. The van der Waals surface area contributed by atoms with Crippen molar-refractivity contribution in [1.29, 1.82) is 0 Å². The lowest BCUT2D eigenvalue weighted by atomic mass is 10.1. The smallest absolute Gasteiger partial charge is 0.303 e. The van der Waals surface area contributed by atoms with Crippen LogP contribution in [0.2, 0.25) is 0 Å². The molecule has 0 radical (unpaired) electrons. The van der Waals surface area contributed by atoms with Gasteiger partial charge in [-0.05, 0) is 71.1 Å². The van der Waals surface area contributed by atoms with Crippen LogP contribution in [-0.2, 0) is 16.2 Å². The van der Waals surface area contributed by atoms with Crippen LogP contribution in [-0.4, -0.2) is 39.4 Å². The monoisotopic (exact) mass is 549 g/mol. The topological polar surface area (TPSA) is 76.1 Å². The summed E-state index contributed by atoms with van der Waals surface area (Å²) < 4.78 is 13.1. The third-order valence-electron chi connectivity index (χ3n) is 4.91. The lowest BCUT2D eigenvalue weighted by Crippen LogP contribution is -2.29. The molecule has 0 aliphatic carbocycles. The molecule has 9 heteroatoms. The van der Waals surface area contributed by atoms with Crippen molar-refractivity contribution >= 4 is 62.2 Å². The fourth-order valence-electron chi connectivity index (χ4n) is 3.23. The SMILES string of the molecule is CCOc1cc(/C=C2\SC(=S)N(CCCC(=O)O)C2=O)cc(Br)c1OCc1ccccc1C. The molecule has 0 saturated carbocycles. The predicted octanol–water partition coefficient (Wildman–Crippen LogP) is 5.80. The maximum absolute atomic E-state index is 12.8. The third kappa shape index (κ3) is 6.59. The van der Waals surface area contributed by atoms with E-state index in [0.29, 0.717) is 44.8 Å². The molecule has 1 aliphatic heterocycles. The van der Waals surface area contributed by atoms with Gasteiger partial charge in [-0.25, -0.2) is 0 Å². The number of carboxylic acids is 1. The molecule has 174 valence electrons. The summed E-state index contributed by atoms with van der Waals surface area (Å²) in [5, 5.41) is 8.82. The Morgan fingerprint density at radius 3 is 2.73 bits per heavy atom. The van der Waals surface area contributed by atoms with Crippen LogP contribution in [0.4, 0.5) is 0 Å². The Kier molecular flexibility index (Phi) is 8.94. The fraction of sp³-hybridized carbons (Fsp3) is 0.292. The van der Waals surface area contributed by atoms with Gasteiger partial charge in [-0.2, -0.15) is 0 Å². The number of amides is 1. The van der Waals surface area contributed by atoms with E-state index < -0.39 is 5.97 Å². The summed E-state index contributed by atoms with van der Waals surface area (Å²) in [6.45, 7) is 5.09. The van der Waals surface area contributed by atoms with Gasteiger partial charge in [-0.15, -0.1) is 0 Å². The highest BCUT2D eigenvalue weighted by Crippen LogP contribution is 2.40. The van der Waals surface area contributed by atoms with Gasteiger partial charge in [0, 0.05) is 13.0 Å². The molecule has 0 bridgehead atoms. The van der Waals surface area contributed by atoms with Gasteiger partial charge < -0.3 is 14.6 Å². The summed E-state index contributed by atoms with van der Waals surface area (Å²) in [7, 11) is 0. The number of carbonyl (C=O) groups is 2. The van der Waals surface area contributed by atoms with Gasteiger partial charge in [0.15, 0.2) is 11.5 Å². The van der Waals surface area contributed by atoms with Crippen molar-refractivity contribution in [3.63, 3.8) is 0 Å². The van der Waals surface area contributed by atoms with E-state index >= 15 is 0 Å². The van der Waals surface area contributed by atoms with E-state index in [1.54, 1.807) is 6.08 Å². The van der Waals surface area contributed by atoms with Gasteiger partial charge in [0.25, 0.3) is 5.91 Å². The number of hydrogen-bond donors (Lipinski definition) is 1. The molecule has 0 aromatic heterocycles. The van der Waals surface area contributed by atoms with Gasteiger partial charge >= 0.3 is 5.97 Å². The van der Waals surface area contributed by atoms with Crippen LogP contribution in [0.15, 0.2) is 45.8 Å². The number of carbonyl (C=O) groups excluding carboxylic acids is 1. The Labute approximate surface area is 211 Å². The van der Waals surface area contributed by atoms with Gasteiger partial charge in [0.1, 0.15) is 10.9 Å². The van der Waals surface area contributed by atoms with E-state index in [-0.39, 0.29) is 18.9 Å². The minimum atomic E-state index is -0.894. The molecule has 33 heavy (non-hydrogen) atoms. The van der Waals surface area contributed by atoms with Crippen LogP contribution in [0, 0.1) is 6.92 Å². The molecular formula is C24H24BrNO5S2. The predicted molar refractivity (Wildman–Crippen MR) is 138 cm³/mol. The van der Waals surface area contributed by atoms with Crippen molar-refractivity contribution in [2.24, 2.45) is 0 Å². The number of benzene rings is 2. The van der Waals surface area contributed by atoms with Crippen molar-refractivity contribution in [2.45, 2.75) is 33.3 Å². The molecule has 1 amide bonds. The van der Waals surface area contributed by atoms with Crippen molar-refractivity contribution < 1.29 is 24.2 Å². The molecule has 3 rings (SSSR count). The van der Waals surface area contributed by atoms with Crippen LogP contribution >= 0.6 is 39.9 Å². The van der Waals surface area contributed by atoms with E-state index in [1.165, 1.54) is 16.7 Å². The molecule has 2 aromatic carbocycles. The fourth-order valence-corrected chi connectivity index (χ4v) is 5.11. The lowest BCUT2D eigenvalue weighted by molar-refractivity contribution is -0.137. The zero-order chi connectivity index (χ0) is 24.0. The first-order valence-electron chi connectivity index (χ1n) is 10.4. The minimum absolute atomic E-state index is 0.00919. The highest BCUT2D eigenvalue weighted by Gasteiger charge is 2.31. The average Bonchev–Trinajstić information content (AvgIpc) is 3.01. The number of nitrogens with zero attached hydrogens (tertiary/aromatic N) is 1. The molecular weight excluding hydrogens is 526 g/mol. The number of thioether (sulfide) groups is 1. The molecule has 1 aliphatic rings. The largest absolute Gasteiger partial charge is 0.490 e. The maximum Gasteiger partial charge on any atom is 0.303 e. The van der Waals surface area contributed by atoms with Crippen LogP contribution in [0.25, 0.3) is 6.08 Å². The van der Waals surface area contributed by atoms with Crippen molar-refractivity contribution in [1.82, 2.24) is 4.90 Å². The highest BCUT2D eigenvalue weighted by molar-refractivity contribution is 9.10. The van der Waals surface area contributed by atoms with Crippen LogP contribution in [0.5, 0.6) is 11.5 Å². The minimum Gasteiger partial charge on any atom is -0.490 e. The number of carboxylic acid groups (broad SMARTS) is 1. The number of rotatable bonds is 10. The van der Waals surface area contributed by atoms with Gasteiger partial charge in [0.2, 0.25) is 0 Å². The zero-order valence-electron chi connectivity index (χ0n) is 18.3. The number of aryl methyl sites for hydroxylation is 1. The van der Waals surface area contributed by atoms with Crippen molar-refractivity contribution in [3.05, 3.63) is 62.5 Å². The van der Waals surface area contributed by atoms with Crippen molar-refractivity contribution in [3.8, 4) is 11.5 Å². The van der Waals surface area contributed by atoms with E-state index in [4.69, 9.17) is 26.8 Å². The van der Waals surface area contributed by atoms with Crippen molar-refractivity contribution in [2.75, 3.05) is 13.2 Å². The number of hydrogen-bond acceptors (Lipinski definition) is 6. The second-order valence-corrected chi connectivity index (χ2v) is 9.84. The molecule has 1 N–H and O–H groups in total. The summed E-state index contributed by atoms with van der Waals surface area (Å²) in [5.41, 5.74) is 3.00. The van der Waals surface area contributed by atoms with Crippen LogP contribution < -0.4 is 9.47 Å². The summed E-state index contributed by atoms with van der Waals surface area (Å²) in [5.74, 6) is 0.0560. The lowest BCUT2D eigenvalue weighted by Gasteiger charge is -2.16. The first-order chi connectivity index (χ1) is 15.8. The zero-order valence-corrected chi connectivity index (χ0v) is 21.5. The molecule has 1 fully saturated rings. The molecule has 6 nitrogen and oxygen atoms in total. The average molecular weight is 550 g/mol. The molecule has 0 atom stereocenters. The van der Waals surface area contributed by atoms with Gasteiger partial charge in [-0.3, -0.25) is 14.5 Å². The number of ether oxygens (including phenoxy) is 2. The summed E-state index contributed by atoms with van der Waals surface area (Å²) in [4.78, 5) is 25.5. The molecule has 2 aromatic rings. The summed E-state index contributed by atoms with van der Waals surface area (Å²) in [6, 6.07) is 11.7. The summed E-state index contributed by atoms with van der Waals surface area (Å²) in [6.07, 6.45) is 2.10.